The van der Waals surface area contributed by atoms with Crippen molar-refractivity contribution in [3.05, 3.63) is 17.5 Å². The van der Waals surface area contributed by atoms with Gasteiger partial charge >= 0.3 is 6.09 Å². The molecule has 1 atom stereocenters. The molecule has 0 saturated carbocycles. The second-order valence-electron chi connectivity index (χ2n) is 8.65. The summed E-state index contributed by atoms with van der Waals surface area (Å²) in [4.78, 5) is 27.9. The fraction of sp³-hybridized carbons (Fsp3) is 0.737. The molecule has 1 amide bonds. The molecule has 1 aromatic rings. The topological polar surface area (TPSA) is 73.8 Å². The maximum Gasteiger partial charge on any atom is 0.410 e. The number of rotatable bonds is 3. The van der Waals surface area contributed by atoms with Gasteiger partial charge in [0.2, 0.25) is 5.95 Å². The number of carbonyl (C=O) groups is 1. The number of piperazine rings is 1. The summed E-state index contributed by atoms with van der Waals surface area (Å²) in [6.07, 6.45) is 2.33. The van der Waals surface area contributed by atoms with E-state index in [0.29, 0.717) is 19.1 Å². The van der Waals surface area contributed by atoms with Crippen LogP contribution in [0.25, 0.3) is 0 Å². The molecule has 0 unspecified atom stereocenters. The molecule has 8 nitrogen and oxygen atoms in total. The lowest BCUT2D eigenvalue weighted by molar-refractivity contribution is 0.0222. The second-order valence-corrected chi connectivity index (χ2v) is 8.65. The van der Waals surface area contributed by atoms with Crippen LogP contribution in [0.5, 0.6) is 0 Å². The highest BCUT2D eigenvalue weighted by atomic mass is 16.6. The molecule has 3 rings (SSSR count). The van der Waals surface area contributed by atoms with Crippen molar-refractivity contribution in [1.82, 2.24) is 25.1 Å². The molecule has 1 saturated heterocycles. The zero-order chi connectivity index (χ0) is 19.6. The number of likely N-dealkylation sites (N-methyl/N-ethyl adjacent to an activating group) is 1. The quantitative estimate of drug-likeness (QED) is 0.847. The minimum absolute atomic E-state index is 0.272. The van der Waals surface area contributed by atoms with E-state index in [1.807, 2.05) is 27.0 Å². The fourth-order valence-corrected chi connectivity index (χ4v) is 3.51. The Labute approximate surface area is 161 Å². The van der Waals surface area contributed by atoms with Gasteiger partial charge in [-0.2, -0.15) is 0 Å². The summed E-state index contributed by atoms with van der Waals surface area (Å²) in [5, 5.41) is 3.55. The van der Waals surface area contributed by atoms with Crippen molar-refractivity contribution in [3.63, 3.8) is 0 Å². The first kappa shape index (κ1) is 19.8. The SMILES string of the molecule is CN(C)C[C@@H]1CN(c2ncc3c(n2)CCN(C(=O)OC(C)(C)C)C3)CCN1. The third kappa shape index (κ3) is 5.29. The van der Waals surface area contributed by atoms with Gasteiger partial charge in [0.25, 0.3) is 0 Å². The van der Waals surface area contributed by atoms with E-state index >= 15 is 0 Å². The molecular formula is C19H32N6O2. The number of fused-ring (bicyclic) bond motifs is 1. The molecule has 0 aliphatic carbocycles. The van der Waals surface area contributed by atoms with Crippen molar-refractivity contribution < 1.29 is 9.53 Å². The summed E-state index contributed by atoms with van der Waals surface area (Å²) < 4.78 is 5.48. The highest BCUT2D eigenvalue weighted by Crippen LogP contribution is 2.21. The fourth-order valence-electron chi connectivity index (χ4n) is 3.51. The highest BCUT2D eigenvalue weighted by molar-refractivity contribution is 5.68. The summed E-state index contributed by atoms with van der Waals surface area (Å²) in [6.45, 7) is 10.5. The first-order valence-corrected chi connectivity index (χ1v) is 9.67. The molecule has 150 valence electrons. The summed E-state index contributed by atoms with van der Waals surface area (Å²) >= 11 is 0. The predicted octanol–water partition coefficient (Wildman–Crippen LogP) is 1.11. The number of nitrogens with zero attached hydrogens (tertiary/aromatic N) is 5. The molecule has 1 N–H and O–H groups in total. The second kappa shape index (κ2) is 7.98. The van der Waals surface area contributed by atoms with Gasteiger partial charge in [-0.15, -0.1) is 0 Å². The molecule has 0 spiro atoms. The number of hydrogen-bond donors (Lipinski definition) is 1. The molecule has 0 aromatic carbocycles. The van der Waals surface area contributed by atoms with Crippen LogP contribution >= 0.6 is 0 Å². The van der Waals surface area contributed by atoms with Gasteiger partial charge in [-0.3, -0.25) is 0 Å². The third-order valence-electron chi connectivity index (χ3n) is 4.70. The molecule has 3 heterocycles. The minimum Gasteiger partial charge on any atom is -0.444 e. The Kier molecular flexibility index (Phi) is 5.86. The molecule has 1 fully saturated rings. The number of hydrogen-bond acceptors (Lipinski definition) is 7. The van der Waals surface area contributed by atoms with Crippen LogP contribution in [0.2, 0.25) is 0 Å². The molecule has 8 heteroatoms. The normalized spacial score (nSPS) is 20.6. The van der Waals surface area contributed by atoms with Crippen molar-refractivity contribution >= 4 is 12.0 Å². The maximum absolute atomic E-state index is 12.3. The summed E-state index contributed by atoms with van der Waals surface area (Å²) in [7, 11) is 4.18. The molecule has 27 heavy (non-hydrogen) atoms. The summed E-state index contributed by atoms with van der Waals surface area (Å²) in [6, 6.07) is 0.413. The van der Waals surface area contributed by atoms with E-state index in [0.717, 1.165) is 49.8 Å². The number of amides is 1. The van der Waals surface area contributed by atoms with Crippen LogP contribution in [-0.4, -0.2) is 84.3 Å². The monoisotopic (exact) mass is 376 g/mol. The number of carbonyl (C=O) groups excluding carboxylic acids is 1. The Hall–Kier alpha value is -1.93. The number of ether oxygens (including phenoxy) is 1. The lowest BCUT2D eigenvalue weighted by atomic mass is 10.1. The van der Waals surface area contributed by atoms with E-state index in [-0.39, 0.29) is 6.09 Å². The molecule has 0 radical (unpaired) electrons. The molecule has 2 aliphatic heterocycles. The van der Waals surface area contributed by atoms with Crippen molar-refractivity contribution in [2.24, 2.45) is 0 Å². The van der Waals surface area contributed by atoms with E-state index in [1.54, 1.807) is 4.90 Å². The van der Waals surface area contributed by atoms with Gasteiger partial charge in [0.1, 0.15) is 5.60 Å². The Morgan fingerprint density at radius 2 is 2.15 bits per heavy atom. The Balaban J connectivity index is 1.65. The number of nitrogens with one attached hydrogen (secondary N) is 1. The third-order valence-corrected chi connectivity index (χ3v) is 4.70. The van der Waals surface area contributed by atoms with Crippen LogP contribution in [0, 0.1) is 0 Å². The minimum atomic E-state index is -0.483. The zero-order valence-corrected chi connectivity index (χ0v) is 17.2. The highest BCUT2D eigenvalue weighted by Gasteiger charge is 2.28. The lowest BCUT2D eigenvalue weighted by Gasteiger charge is -2.35. The van der Waals surface area contributed by atoms with Crippen molar-refractivity contribution in [2.45, 2.75) is 45.4 Å². The predicted molar refractivity (Wildman–Crippen MR) is 105 cm³/mol. The van der Waals surface area contributed by atoms with Crippen LogP contribution in [-0.2, 0) is 17.7 Å². The summed E-state index contributed by atoms with van der Waals surface area (Å²) in [5.74, 6) is 0.796. The zero-order valence-electron chi connectivity index (χ0n) is 17.2. The van der Waals surface area contributed by atoms with Crippen LogP contribution in [0.3, 0.4) is 0 Å². The average Bonchev–Trinajstić information content (AvgIpc) is 2.59. The number of aromatic nitrogens is 2. The van der Waals surface area contributed by atoms with Crippen molar-refractivity contribution in [1.29, 1.82) is 0 Å². The van der Waals surface area contributed by atoms with E-state index in [1.165, 1.54) is 0 Å². The molecule has 2 aliphatic rings. The first-order valence-electron chi connectivity index (χ1n) is 9.67. The Morgan fingerprint density at radius 3 is 2.85 bits per heavy atom. The van der Waals surface area contributed by atoms with Crippen LogP contribution in [0.4, 0.5) is 10.7 Å². The first-order chi connectivity index (χ1) is 12.7. The van der Waals surface area contributed by atoms with Crippen LogP contribution in [0.1, 0.15) is 32.0 Å². The van der Waals surface area contributed by atoms with Gasteiger partial charge in [0, 0.05) is 56.9 Å². The van der Waals surface area contributed by atoms with Gasteiger partial charge in [-0.05, 0) is 34.9 Å². The smallest absolute Gasteiger partial charge is 0.410 e. The van der Waals surface area contributed by atoms with Crippen molar-refractivity contribution in [3.8, 4) is 0 Å². The maximum atomic E-state index is 12.3. The standard InChI is InChI=1S/C19H32N6O2/c1-19(2,3)27-18(26)25-8-6-16-14(11-25)10-21-17(22-16)24-9-7-20-15(13-24)12-23(4)5/h10,15,20H,6-9,11-13H2,1-5H3/t15-/m1/s1. The van der Waals surface area contributed by atoms with Gasteiger partial charge in [-0.1, -0.05) is 0 Å². The van der Waals surface area contributed by atoms with Crippen LogP contribution in [0.15, 0.2) is 6.20 Å². The average molecular weight is 377 g/mol. The van der Waals surface area contributed by atoms with E-state index in [9.17, 15) is 4.79 Å². The van der Waals surface area contributed by atoms with Crippen LogP contribution < -0.4 is 10.2 Å². The van der Waals surface area contributed by atoms with Crippen molar-refractivity contribution in [2.75, 3.05) is 51.7 Å². The molecule has 1 aromatic heterocycles. The van der Waals surface area contributed by atoms with E-state index in [4.69, 9.17) is 9.72 Å². The molecular weight excluding hydrogens is 344 g/mol. The van der Waals surface area contributed by atoms with Gasteiger partial charge in [0.05, 0.1) is 12.2 Å². The number of anilines is 1. The Bertz CT molecular complexity index is 673. The van der Waals surface area contributed by atoms with E-state index in [2.05, 4.69) is 34.2 Å². The van der Waals surface area contributed by atoms with Gasteiger partial charge < -0.3 is 24.8 Å². The Morgan fingerprint density at radius 1 is 1.37 bits per heavy atom. The van der Waals surface area contributed by atoms with Gasteiger partial charge in [0.15, 0.2) is 0 Å². The summed E-state index contributed by atoms with van der Waals surface area (Å²) in [5.41, 5.74) is 1.57. The molecule has 0 bridgehead atoms. The van der Waals surface area contributed by atoms with E-state index < -0.39 is 5.60 Å². The largest absolute Gasteiger partial charge is 0.444 e. The van der Waals surface area contributed by atoms with Gasteiger partial charge in [-0.25, -0.2) is 14.8 Å². The lowest BCUT2D eigenvalue weighted by Crippen LogP contribution is -2.54.